The van der Waals surface area contributed by atoms with Gasteiger partial charge in [0.25, 0.3) is 0 Å². The average molecular weight is 355 g/mol. The van der Waals surface area contributed by atoms with Crippen molar-refractivity contribution < 1.29 is 5.11 Å². The van der Waals surface area contributed by atoms with Crippen LogP contribution in [0.3, 0.4) is 0 Å². The van der Waals surface area contributed by atoms with Gasteiger partial charge in [0, 0.05) is 19.6 Å². The van der Waals surface area contributed by atoms with Gasteiger partial charge in [0.05, 0.1) is 0 Å². The topological polar surface area (TPSA) is 35.5 Å². The Kier molecular flexibility index (Phi) is 5.71. The van der Waals surface area contributed by atoms with Crippen molar-refractivity contribution in [1.29, 1.82) is 0 Å². The Morgan fingerprint density at radius 2 is 1.52 bits per heavy atom. The maximum Gasteiger partial charge on any atom is 0.168 e. The summed E-state index contributed by atoms with van der Waals surface area (Å²) < 4.78 is 0. The second kappa shape index (κ2) is 7.98. The van der Waals surface area contributed by atoms with Crippen LogP contribution in [0.25, 0.3) is 0 Å². The minimum atomic E-state index is -0.964. The summed E-state index contributed by atoms with van der Waals surface area (Å²) in [6.45, 7) is 4.65. The van der Waals surface area contributed by atoms with Crippen LogP contribution in [0.4, 0.5) is 0 Å². The Morgan fingerprint density at radius 1 is 1.04 bits per heavy atom. The van der Waals surface area contributed by atoms with E-state index >= 15 is 0 Å². The van der Waals surface area contributed by atoms with Gasteiger partial charge in [-0.25, -0.2) is 0 Å². The van der Waals surface area contributed by atoms with E-state index in [1.165, 1.54) is 0 Å². The molecule has 3 rings (SSSR count). The smallest absolute Gasteiger partial charge is 0.168 e. The van der Waals surface area contributed by atoms with Crippen molar-refractivity contribution in [3.05, 3.63) is 71.8 Å². The lowest BCUT2D eigenvalue weighted by atomic mass is 9.72. The van der Waals surface area contributed by atoms with Gasteiger partial charge in [0.15, 0.2) is 5.11 Å². The molecule has 2 aromatic carbocycles. The van der Waals surface area contributed by atoms with Gasteiger partial charge in [-0.15, -0.1) is 0 Å². The number of hydrogen-bond donors (Lipinski definition) is 2. The van der Waals surface area contributed by atoms with E-state index in [4.69, 9.17) is 12.2 Å². The molecule has 1 heterocycles. The van der Waals surface area contributed by atoms with Gasteiger partial charge in [-0.3, -0.25) is 0 Å². The van der Waals surface area contributed by atoms with Crippen LogP contribution < -0.4 is 5.32 Å². The van der Waals surface area contributed by atoms with E-state index in [0.29, 0.717) is 0 Å². The van der Waals surface area contributed by atoms with Crippen LogP contribution in [0.1, 0.15) is 30.9 Å². The lowest BCUT2D eigenvalue weighted by Crippen LogP contribution is -2.48. The van der Waals surface area contributed by atoms with Gasteiger partial charge in [0.2, 0.25) is 0 Å². The summed E-state index contributed by atoms with van der Waals surface area (Å²) in [4.78, 5) is 2.21. The Morgan fingerprint density at radius 3 is 1.96 bits per heavy atom. The first kappa shape index (κ1) is 17.9. The molecule has 1 fully saturated rings. The molecule has 0 atom stereocenters. The first-order valence-electron chi connectivity index (χ1n) is 9.02. The zero-order valence-corrected chi connectivity index (χ0v) is 15.5. The molecule has 1 aliphatic heterocycles. The van der Waals surface area contributed by atoms with Crippen molar-refractivity contribution in [2.45, 2.75) is 25.4 Å². The van der Waals surface area contributed by atoms with Crippen molar-refractivity contribution in [2.75, 3.05) is 19.6 Å². The van der Waals surface area contributed by atoms with E-state index in [2.05, 4.69) is 17.1 Å². The van der Waals surface area contributed by atoms with Gasteiger partial charge in [-0.2, -0.15) is 0 Å². The molecule has 0 spiro atoms. The molecule has 25 heavy (non-hydrogen) atoms. The fraction of sp³-hybridized carbons (Fsp3) is 0.381. The third kappa shape index (κ3) is 3.70. The Labute approximate surface area is 155 Å². The predicted molar refractivity (Wildman–Crippen MR) is 106 cm³/mol. The van der Waals surface area contributed by atoms with Crippen molar-refractivity contribution in [3.63, 3.8) is 0 Å². The highest BCUT2D eigenvalue weighted by atomic mass is 32.1. The minimum Gasteiger partial charge on any atom is -0.380 e. The van der Waals surface area contributed by atoms with Crippen LogP contribution in [-0.4, -0.2) is 34.8 Å². The first-order chi connectivity index (χ1) is 12.2. The second-order valence-electron chi connectivity index (χ2n) is 6.60. The Hall–Kier alpha value is -1.91. The molecular formula is C21H26N2OS. The zero-order chi connectivity index (χ0) is 17.7. The van der Waals surface area contributed by atoms with Gasteiger partial charge in [0.1, 0.15) is 5.60 Å². The monoisotopic (exact) mass is 354 g/mol. The molecule has 1 aliphatic rings. The number of hydrogen-bond acceptors (Lipinski definition) is 2. The highest BCUT2D eigenvalue weighted by Gasteiger charge is 2.41. The van der Waals surface area contributed by atoms with Crippen LogP contribution in [0.5, 0.6) is 0 Å². The molecular weight excluding hydrogens is 328 g/mol. The number of nitrogens with zero attached hydrogens (tertiary/aromatic N) is 1. The lowest BCUT2D eigenvalue weighted by Gasteiger charge is -2.43. The third-order valence-electron chi connectivity index (χ3n) is 5.13. The summed E-state index contributed by atoms with van der Waals surface area (Å²) >= 11 is 5.44. The lowest BCUT2D eigenvalue weighted by molar-refractivity contribution is -0.00658. The largest absolute Gasteiger partial charge is 0.380 e. The van der Waals surface area contributed by atoms with Crippen LogP contribution in [0, 0.1) is 5.92 Å². The Balaban J connectivity index is 1.86. The van der Waals surface area contributed by atoms with E-state index < -0.39 is 5.60 Å². The summed E-state index contributed by atoms with van der Waals surface area (Å²) in [5.41, 5.74) is 0.969. The van der Waals surface area contributed by atoms with E-state index in [-0.39, 0.29) is 5.92 Å². The van der Waals surface area contributed by atoms with Crippen molar-refractivity contribution in [1.82, 2.24) is 10.2 Å². The number of rotatable bonds is 4. The van der Waals surface area contributed by atoms with Gasteiger partial charge in [-0.1, -0.05) is 60.7 Å². The second-order valence-corrected chi connectivity index (χ2v) is 6.98. The summed E-state index contributed by atoms with van der Waals surface area (Å²) in [7, 11) is 0. The van der Waals surface area contributed by atoms with E-state index in [9.17, 15) is 5.11 Å². The highest BCUT2D eigenvalue weighted by Crippen LogP contribution is 2.41. The fourth-order valence-electron chi connectivity index (χ4n) is 3.79. The normalized spacial score (nSPS) is 15.8. The molecule has 2 N–H and O–H groups in total. The quantitative estimate of drug-likeness (QED) is 0.824. The summed E-state index contributed by atoms with van der Waals surface area (Å²) in [6.07, 6.45) is 1.82. The number of benzene rings is 2. The molecule has 0 aliphatic carbocycles. The molecule has 0 unspecified atom stereocenters. The van der Waals surface area contributed by atoms with E-state index in [1.54, 1.807) is 0 Å². The first-order valence-corrected chi connectivity index (χ1v) is 9.43. The molecule has 1 saturated heterocycles. The number of likely N-dealkylation sites (tertiary alicyclic amines) is 1. The van der Waals surface area contributed by atoms with E-state index in [0.717, 1.165) is 48.7 Å². The van der Waals surface area contributed by atoms with Gasteiger partial charge < -0.3 is 15.3 Å². The predicted octanol–water partition coefficient (Wildman–Crippen LogP) is 3.53. The number of nitrogens with one attached hydrogen (secondary N) is 1. The molecule has 2 aromatic rings. The van der Waals surface area contributed by atoms with Gasteiger partial charge in [-0.05, 0) is 49.0 Å². The third-order valence-corrected chi connectivity index (χ3v) is 5.53. The molecule has 132 valence electrons. The van der Waals surface area contributed by atoms with E-state index in [1.807, 2.05) is 60.7 Å². The average Bonchev–Trinajstić information content (AvgIpc) is 2.69. The maximum atomic E-state index is 11.8. The fourth-order valence-corrected chi connectivity index (χ4v) is 4.11. The molecule has 0 radical (unpaired) electrons. The number of piperidine rings is 1. The van der Waals surface area contributed by atoms with Crippen LogP contribution >= 0.6 is 12.2 Å². The van der Waals surface area contributed by atoms with Crippen molar-refractivity contribution in [2.24, 2.45) is 5.92 Å². The molecule has 0 amide bonds. The van der Waals surface area contributed by atoms with Crippen molar-refractivity contribution in [3.8, 4) is 0 Å². The SMILES string of the molecule is CCNC(=S)N1CCC(C(O)(c2ccccc2)c2ccccc2)CC1. The molecule has 0 saturated carbocycles. The summed E-state index contributed by atoms with van der Waals surface area (Å²) in [6, 6.07) is 20.1. The molecule has 3 nitrogen and oxygen atoms in total. The molecule has 4 heteroatoms. The van der Waals surface area contributed by atoms with Crippen LogP contribution in [0.15, 0.2) is 60.7 Å². The Bertz CT molecular complexity index is 642. The number of aliphatic hydroxyl groups is 1. The van der Waals surface area contributed by atoms with Gasteiger partial charge >= 0.3 is 0 Å². The number of thiocarbonyl (C=S) groups is 1. The van der Waals surface area contributed by atoms with Crippen molar-refractivity contribution >= 4 is 17.3 Å². The van der Waals surface area contributed by atoms with Crippen LogP contribution in [0.2, 0.25) is 0 Å². The summed E-state index contributed by atoms with van der Waals surface area (Å²) in [5, 5.41) is 15.9. The summed E-state index contributed by atoms with van der Waals surface area (Å²) in [5.74, 6) is 0.165. The standard InChI is InChI=1S/C21H26N2OS/c1-2-22-20(25)23-15-13-19(14-16-23)21(24,17-9-5-3-6-10-17)18-11-7-4-8-12-18/h3-12,19,24H,2,13-16H2,1H3,(H,22,25). The molecule has 0 aromatic heterocycles. The highest BCUT2D eigenvalue weighted by molar-refractivity contribution is 7.80. The zero-order valence-electron chi connectivity index (χ0n) is 14.7. The molecule has 0 bridgehead atoms. The maximum absolute atomic E-state index is 11.8. The minimum absolute atomic E-state index is 0.165. The van der Waals surface area contributed by atoms with Crippen LogP contribution in [-0.2, 0) is 5.60 Å².